The molecule has 6 heteroatoms. The number of nitriles is 1. The van der Waals surface area contributed by atoms with Gasteiger partial charge in [-0.15, -0.1) is 11.8 Å². The molecule has 1 rings (SSSR count). The smallest absolute Gasteiger partial charge is 0.230 e. The van der Waals surface area contributed by atoms with E-state index in [4.69, 9.17) is 5.26 Å². The lowest BCUT2D eigenvalue weighted by atomic mass is 10.3. The Kier molecular flexibility index (Phi) is 4.71. The van der Waals surface area contributed by atoms with Gasteiger partial charge >= 0.3 is 0 Å². The molecule has 1 atom stereocenters. The third-order valence-electron chi connectivity index (χ3n) is 1.71. The number of aromatic nitrogens is 2. The van der Waals surface area contributed by atoms with Crippen LogP contribution in [0.25, 0.3) is 0 Å². The van der Waals surface area contributed by atoms with Crippen LogP contribution in [0.3, 0.4) is 0 Å². The molecule has 1 aromatic rings. The molecule has 0 spiro atoms. The zero-order chi connectivity index (χ0) is 11.1. The Morgan fingerprint density at radius 2 is 2.67 bits per heavy atom. The van der Waals surface area contributed by atoms with Crippen molar-refractivity contribution in [1.29, 1.82) is 5.26 Å². The minimum Gasteiger partial charge on any atom is -0.347 e. The quantitative estimate of drug-likeness (QED) is 0.726. The van der Waals surface area contributed by atoms with Crippen molar-refractivity contribution in [2.45, 2.75) is 13.0 Å². The molecule has 0 aliphatic rings. The molecule has 1 amide bonds. The van der Waals surface area contributed by atoms with Gasteiger partial charge in [0.1, 0.15) is 5.82 Å². The normalized spacial score (nSPS) is 11.7. The Balaban J connectivity index is 2.29. The average molecular weight is 224 g/mol. The van der Waals surface area contributed by atoms with Crippen LogP contribution in [0, 0.1) is 11.3 Å². The number of hydrogen-bond acceptors (Lipinski definition) is 4. The van der Waals surface area contributed by atoms with Crippen LogP contribution < -0.4 is 5.32 Å². The molecule has 1 heterocycles. The maximum absolute atomic E-state index is 11.3. The fourth-order valence-corrected chi connectivity index (χ4v) is 1.52. The lowest BCUT2D eigenvalue weighted by molar-refractivity contribution is -0.119. The van der Waals surface area contributed by atoms with E-state index >= 15 is 0 Å². The second-order valence-electron chi connectivity index (χ2n) is 2.91. The molecule has 2 N–H and O–H groups in total. The van der Waals surface area contributed by atoms with Gasteiger partial charge in [-0.05, 0) is 6.92 Å². The van der Waals surface area contributed by atoms with Crippen molar-refractivity contribution in [1.82, 2.24) is 15.3 Å². The average Bonchev–Trinajstić information content (AvgIpc) is 2.70. The number of nitrogens with one attached hydrogen (secondary N) is 2. The summed E-state index contributed by atoms with van der Waals surface area (Å²) >= 11 is 1.30. The van der Waals surface area contributed by atoms with E-state index in [0.717, 1.165) is 5.82 Å². The predicted molar refractivity (Wildman–Crippen MR) is 58.1 cm³/mol. The summed E-state index contributed by atoms with van der Waals surface area (Å²) in [6, 6.07) is 1.84. The van der Waals surface area contributed by atoms with Gasteiger partial charge in [0.05, 0.1) is 23.6 Å². The Bertz CT molecular complexity index is 343. The lowest BCUT2D eigenvalue weighted by Gasteiger charge is -2.10. The molecule has 15 heavy (non-hydrogen) atoms. The van der Waals surface area contributed by atoms with Crippen molar-refractivity contribution < 1.29 is 4.79 Å². The van der Waals surface area contributed by atoms with E-state index in [1.54, 1.807) is 12.4 Å². The summed E-state index contributed by atoms with van der Waals surface area (Å²) in [6.07, 6.45) is 3.35. The molecule has 1 unspecified atom stereocenters. The van der Waals surface area contributed by atoms with Crippen molar-refractivity contribution in [3.63, 3.8) is 0 Å². The molecule has 0 fully saturated rings. The molecule has 0 saturated carbocycles. The Labute approximate surface area is 92.3 Å². The number of aromatic amines is 1. The molecular formula is C9H12N4OS. The number of carbonyl (C=O) groups is 1. The Morgan fingerprint density at radius 3 is 3.27 bits per heavy atom. The summed E-state index contributed by atoms with van der Waals surface area (Å²) in [7, 11) is 0. The Morgan fingerprint density at radius 1 is 1.87 bits per heavy atom. The van der Waals surface area contributed by atoms with Crippen LogP contribution in [0.15, 0.2) is 12.4 Å². The highest BCUT2D eigenvalue weighted by Gasteiger charge is 2.10. The number of carbonyl (C=O) groups excluding carboxylic acids is 1. The number of imidazole rings is 1. The number of hydrogen-bond donors (Lipinski definition) is 2. The topological polar surface area (TPSA) is 81.6 Å². The van der Waals surface area contributed by atoms with Crippen LogP contribution in [-0.4, -0.2) is 27.4 Å². The highest BCUT2D eigenvalue weighted by Crippen LogP contribution is 2.06. The van der Waals surface area contributed by atoms with Crippen LogP contribution in [0.5, 0.6) is 0 Å². The fourth-order valence-electron chi connectivity index (χ4n) is 1.06. The summed E-state index contributed by atoms with van der Waals surface area (Å²) in [5, 5.41) is 11.1. The highest BCUT2D eigenvalue weighted by atomic mass is 32.2. The van der Waals surface area contributed by atoms with E-state index in [-0.39, 0.29) is 11.9 Å². The van der Waals surface area contributed by atoms with Gasteiger partial charge in [-0.1, -0.05) is 0 Å². The molecule has 0 aliphatic carbocycles. The van der Waals surface area contributed by atoms with E-state index in [1.807, 2.05) is 13.0 Å². The van der Waals surface area contributed by atoms with Crippen LogP contribution in [0.4, 0.5) is 0 Å². The zero-order valence-electron chi connectivity index (χ0n) is 8.36. The van der Waals surface area contributed by atoms with E-state index in [9.17, 15) is 4.79 Å². The molecule has 0 radical (unpaired) electrons. The molecule has 80 valence electrons. The van der Waals surface area contributed by atoms with Gasteiger partial charge in [0.2, 0.25) is 5.91 Å². The van der Waals surface area contributed by atoms with E-state index in [0.29, 0.717) is 11.5 Å². The number of rotatable bonds is 5. The molecular weight excluding hydrogens is 212 g/mol. The first-order valence-electron chi connectivity index (χ1n) is 4.47. The first-order valence-corrected chi connectivity index (χ1v) is 5.63. The molecule has 0 aliphatic heterocycles. The molecule has 5 nitrogen and oxygen atoms in total. The summed E-state index contributed by atoms with van der Waals surface area (Å²) in [5.74, 6) is 1.29. The van der Waals surface area contributed by atoms with Crippen LogP contribution >= 0.6 is 11.8 Å². The monoisotopic (exact) mass is 224 g/mol. The summed E-state index contributed by atoms with van der Waals surface area (Å²) < 4.78 is 0. The van der Waals surface area contributed by atoms with Gasteiger partial charge in [-0.25, -0.2) is 4.98 Å². The van der Waals surface area contributed by atoms with Gasteiger partial charge in [0.15, 0.2) is 0 Å². The van der Waals surface area contributed by atoms with Crippen molar-refractivity contribution in [2.75, 3.05) is 11.5 Å². The van der Waals surface area contributed by atoms with Gasteiger partial charge in [0.25, 0.3) is 0 Å². The molecule has 1 aromatic heterocycles. The SMILES string of the molecule is CC(NC(=O)CSCC#N)c1ncc[nH]1. The van der Waals surface area contributed by atoms with Crippen molar-refractivity contribution in [3.8, 4) is 6.07 Å². The van der Waals surface area contributed by atoms with Crippen molar-refractivity contribution in [3.05, 3.63) is 18.2 Å². The van der Waals surface area contributed by atoms with Crippen LogP contribution in [0.2, 0.25) is 0 Å². The van der Waals surface area contributed by atoms with E-state index < -0.39 is 0 Å². The summed E-state index contributed by atoms with van der Waals surface area (Å²) in [6.45, 7) is 1.85. The first kappa shape index (κ1) is 11.6. The molecule has 0 bridgehead atoms. The van der Waals surface area contributed by atoms with Crippen LogP contribution in [-0.2, 0) is 4.79 Å². The van der Waals surface area contributed by atoms with Gasteiger partial charge < -0.3 is 10.3 Å². The van der Waals surface area contributed by atoms with E-state index in [1.165, 1.54) is 11.8 Å². The maximum atomic E-state index is 11.3. The van der Waals surface area contributed by atoms with Crippen molar-refractivity contribution in [2.24, 2.45) is 0 Å². The predicted octanol–water partition coefficient (Wildman–Crippen LogP) is 0.844. The number of thioether (sulfide) groups is 1. The number of H-pyrrole nitrogens is 1. The molecule has 0 saturated heterocycles. The first-order chi connectivity index (χ1) is 7.24. The Hall–Kier alpha value is -1.48. The van der Waals surface area contributed by atoms with Gasteiger partial charge in [0, 0.05) is 12.4 Å². The summed E-state index contributed by atoms with van der Waals surface area (Å²) in [4.78, 5) is 18.3. The summed E-state index contributed by atoms with van der Waals surface area (Å²) in [5.41, 5.74) is 0. The maximum Gasteiger partial charge on any atom is 0.230 e. The minimum absolute atomic E-state index is 0.0841. The fraction of sp³-hybridized carbons (Fsp3) is 0.444. The second-order valence-corrected chi connectivity index (χ2v) is 3.90. The van der Waals surface area contributed by atoms with Gasteiger partial charge in [-0.2, -0.15) is 5.26 Å². The highest BCUT2D eigenvalue weighted by molar-refractivity contribution is 8.00. The standard InChI is InChI=1S/C9H12N4OS/c1-7(9-11-3-4-12-9)13-8(14)6-15-5-2-10/h3-4,7H,5-6H2,1H3,(H,11,12)(H,13,14). The lowest BCUT2D eigenvalue weighted by Crippen LogP contribution is -2.28. The third-order valence-corrected chi connectivity index (χ3v) is 2.51. The largest absolute Gasteiger partial charge is 0.347 e. The molecule has 0 aromatic carbocycles. The number of amides is 1. The minimum atomic E-state index is -0.129. The van der Waals surface area contributed by atoms with Gasteiger partial charge in [-0.3, -0.25) is 4.79 Å². The number of nitrogens with zero attached hydrogens (tertiary/aromatic N) is 2. The van der Waals surface area contributed by atoms with E-state index in [2.05, 4.69) is 15.3 Å². The third kappa shape index (κ3) is 4.04. The van der Waals surface area contributed by atoms with Crippen molar-refractivity contribution >= 4 is 17.7 Å². The zero-order valence-corrected chi connectivity index (χ0v) is 9.17. The van der Waals surface area contributed by atoms with Crippen LogP contribution in [0.1, 0.15) is 18.8 Å². The second kappa shape index (κ2) is 6.09.